The Morgan fingerprint density at radius 1 is 1.36 bits per heavy atom. The van der Waals surface area contributed by atoms with Crippen LogP contribution >= 0.6 is 0 Å². The summed E-state index contributed by atoms with van der Waals surface area (Å²) in [6.45, 7) is 0. The number of nitrogen functional groups attached to an aromatic ring is 1. The van der Waals surface area contributed by atoms with Crippen LogP contribution in [0.1, 0.15) is 10.4 Å². The van der Waals surface area contributed by atoms with Crippen molar-refractivity contribution < 1.29 is 26.4 Å². The summed E-state index contributed by atoms with van der Waals surface area (Å²) in [6, 6.07) is 6.36. The summed E-state index contributed by atoms with van der Waals surface area (Å²) in [7, 11) is 0. The summed E-state index contributed by atoms with van der Waals surface area (Å²) in [6.07, 6.45) is 0. The Kier molecular flexibility index (Phi) is 3.62. The van der Waals surface area contributed by atoms with Gasteiger partial charge in [-0.25, -0.2) is 4.79 Å². The van der Waals surface area contributed by atoms with Crippen molar-refractivity contribution in [1.29, 1.82) is 0 Å². The second kappa shape index (κ2) is 3.99. The number of carboxylic acid groups (broad SMARTS) is 1. The fourth-order valence-corrected chi connectivity index (χ4v) is 0.692. The van der Waals surface area contributed by atoms with E-state index in [2.05, 4.69) is 0 Å². The molecule has 0 amide bonds. The molecular weight excluding hydrogens is 189 g/mol. The monoisotopic (exact) mass is 195 g/mol. The maximum absolute atomic E-state index is 10.3. The summed E-state index contributed by atoms with van der Waals surface area (Å²) in [4.78, 5) is 10.3. The molecular formula is C7H7NNiO2. The molecule has 0 aromatic heterocycles. The van der Waals surface area contributed by atoms with E-state index >= 15 is 0 Å². The van der Waals surface area contributed by atoms with Crippen LogP contribution in [0.4, 0.5) is 5.69 Å². The van der Waals surface area contributed by atoms with Crippen LogP contribution in [0.5, 0.6) is 0 Å². The minimum Gasteiger partial charge on any atom is -0.478 e. The fraction of sp³-hybridized carbons (Fsp3) is 0. The molecule has 4 heteroatoms. The van der Waals surface area contributed by atoms with Gasteiger partial charge in [-0.2, -0.15) is 0 Å². The first-order chi connectivity index (χ1) is 4.72. The van der Waals surface area contributed by atoms with Gasteiger partial charge in [0, 0.05) is 22.2 Å². The SMILES string of the molecule is Nc1ccccc1C(=O)O.[Ni]. The largest absolute Gasteiger partial charge is 0.478 e. The molecule has 0 saturated carbocycles. The minimum atomic E-state index is -0.988. The first-order valence-corrected chi connectivity index (χ1v) is 2.79. The first-order valence-electron chi connectivity index (χ1n) is 2.79. The van der Waals surface area contributed by atoms with Gasteiger partial charge in [-0.1, -0.05) is 12.1 Å². The van der Waals surface area contributed by atoms with E-state index in [1.165, 1.54) is 6.07 Å². The summed E-state index contributed by atoms with van der Waals surface area (Å²) >= 11 is 0. The number of aromatic carboxylic acids is 1. The number of para-hydroxylation sites is 1. The first kappa shape index (κ1) is 9.98. The summed E-state index contributed by atoms with van der Waals surface area (Å²) < 4.78 is 0. The molecule has 0 atom stereocenters. The summed E-state index contributed by atoms with van der Waals surface area (Å²) in [5.41, 5.74) is 5.80. The van der Waals surface area contributed by atoms with Crippen LogP contribution < -0.4 is 5.73 Å². The molecule has 0 heterocycles. The standard InChI is InChI=1S/C7H7NO2.Ni/c8-6-4-2-1-3-5(6)7(9)10;/h1-4H,8H2,(H,9,10);. The average molecular weight is 196 g/mol. The quantitative estimate of drug-likeness (QED) is 0.519. The van der Waals surface area contributed by atoms with Gasteiger partial charge in [-0.3, -0.25) is 0 Å². The zero-order valence-electron chi connectivity index (χ0n) is 5.56. The molecule has 11 heavy (non-hydrogen) atoms. The van der Waals surface area contributed by atoms with Gasteiger partial charge in [0.2, 0.25) is 0 Å². The number of hydrogen-bond acceptors (Lipinski definition) is 2. The van der Waals surface area contributed by atoms with E-state index in [-0.39, 0.29) is 22.1 Å². The molecule has 3 N–H and O–H groups in total. The number of anilines is 1. The van der Waals surface area contributed by atoms with E-state index in [0.29, 0.717) is 5.69 Å². The van der Waals surface area contributed by atoms with Crippen molar-refractivity contribution in [2.75, 3.05) is 5.73 Å². The van der Waals surface area contributed by atoms with Gasteiger partial charge in [-0.05, 0) is 12.1 Å². The molecule has 0 aliphatic carbocycles. The van der Waals surface area contributed by atoms with E-state index in [1.807, 2.05) is 0 Å². The third-order valence-electron chi connectivity index (χ3n) is 1.19. The van der Waals surface area contributed by atoms with Gasteiger partial charge in [-0.15, -0.1) is 0 Å². The molecule has 0 spiro atoms. The second-order valence-corrected chi connectivity index (χ2v) is 1.89. The number of nitrogens with two attached hydrogens (primary N) is 1. The molecule has 0 radical (unpaired) electrons. The fourth-order valence-electron chi connectivity index (χ4n) is 0.692. The van der Waals surface area contributed by atoms with E-state index < -0.39 is 5.97 Å². The third-order valence-corrected chi connectivity index (χ3v) is 1.19. The topological polar surface area (TPSA) is 63.3 Å². The molecule has 1 rings (SSSR count). The maximum atomic E-state index is 10.3. The van der Waals surface area contributed by atoms with Crippen molar-refractivity contribution >= 4 is 11.7 Å². The van der Waals surface area contributed by atoms with Crippen molar-refractivity contribution in [3.8, 4) is 0 Å². The van der Waals surface area contributed by atoms with Crippen LogP contribution in [-0.4, -0.2) is 11.1 Å². The molecule has 62 valence electrons. The molecule has 0 unspecified atom stereocenters. The molecule has 1 aromatic rings. The molecule has 0 saturated heterocycles. The molecule has 0 aliphatic rings. The Morgan fingerprint density at radius 3 is 2.27 bits per heavy atom. The number of rotatable bonds is 1. The summed E-state index contributed by atoms with van der Waals surface area (Å²) in [5, 5.41) is 8.49. The zero-order chi connectivity index (χ0) is 7.56. The van der Waals surface area contributed by atoms with E-state index in [0.717, 1.165) is 0 Å². The summed E-state index contributed by atoms with van der Waals surface area (Å²) in [5.74, 6) is -0.988. The van der Waals surface area contributed by atoms with Crippen LogP contribution in [0.15, 0.2) is 24.3 Å². The number of benzene rings is 1. The van der Waals surface area contributed by atoms with Crippen molar-refractivity contribution in [3.05, 3.63) is 29.8 Å². The van der Waals surface area contributed by atoms with Crippen LogP contribution in [0.3, 0.4) is 0 Å². The predicted molar refractivity (Wildman–Crippen MR) is 37.8 cm³/mol. The van der Waals surface area contributed by atoms with Gasteiger partial charge < -0.3 is 10.8 Å². The predicted octanol–water partition coefficient (Wildman–Crippen LogP) is 0.965. The Balaban J connectivity index is 0.000001000. The van der Waals surface area contributed by atoms with Gasteiger partial charge in [0.15, 0.2) is 0 Å². The van der Waals surface area contributed by atoms with E-state index in [4.69, 9.17) is 10.8 Å². The molecule has 0 fully saturated rings. The Bertz CT molecular complexity index is 262. The molecule has 1 aromatic carbocycles. The Labute approximate surface area is 74.1 Å². The van der Waals surface area contributed by atoms with Crippen LogP contribution in [0, 0.1) is 0 Å². The van der Waals surface area contributed by atoms with Gasteiger partial charge in [0.25, 0.3) is 0 Å². The van der Waals surface area contributed by atoms with Crippen LogP contribution in [-0.2, 0) is 16.5 Å². The Hall–Kier alpha value is -1.02. The van der Waals surface area contributed by atoms with Crippen molar-refractivity contribution in [3.63, 3.8) is 0 Å². The van der Waals surface area contributed by atoms with Crippen LogP contribution in [0.2, 0.25) is 0 Å². The zero-order valence-corrected chi connectivity index (χ0v) is 6.55. The van der Waals surface area contributed by atoms with E-state index in [1.54, 1.807) is 18.2 Å². The number of carboxylic acids is 1. The Morgan fingerprint density at radius 2 is 1.91 bits per heavy atom. The van der Waals surface area contributed by atoms with Crippen molar-refractivity contribution in [2.24, 2.45) is 0 Å². The molecule has 3 nitrogen and oxygen atoms in total. The van der Waals surface area contributed by atoms with Gasteiger partial charge in [0.1, 0.15) is 0 Å². The van der Waals surface area contributed by atoms with Crippen molar-refractivity contribution in [2.45, 2.75) is 0 Å². The minimum absolute atomic E-state index is 0. The van der Waals surface area contributed by atoms with Crippen molar-refractivity contribution in [1.82, 2.24) is 0 Å². The van der Waals surface area contributed by atoms with E-state index in [9.17, 15) is 4.79 Å². The third kappa shape index (κ3) is 2.24. The number of carbonyl (C=O) groups is 1. The maximum Gasteiger partial charge on any atom is 0.337 e. The second-order valence-electron chi connectivity index (χ2n) is 1.89. The van der Waals surface area contributed by atoms with Gasteiger partial charge >= 0.3 is 5.97 Å². The smallest absolute Gasteiger partial charge is 0.337 e. The normalized spacial score (nSPS) is 8.36. The van der Waals surface area contributed by atoms with Crippen LogP contribution in [0.25, 0.3) is 0 Å². The average Bonchev–Trinajstić information content (AvgIpc) is 1.88. The number of hydrogen-bond donors (Lipinski definition) is 2. The molecule has 0 bridgehead atoms. The molecule has 0 aliphatic heterocycles. The van der Waals surface area contributed by atoms with Gasteiger partial charge in [0.05, 0.1) is 5.56 Å².